The predicted octanol–water partition coefficient (Wildman–Crippen LogP) is 4.41. The fraction of sp³-hybridized carbons (Fsp3) is 0.167. The van der Waals surface area contributed by atoms with Crippen molar-refractivity contribution in [3.63, 3.8) is 0 Å². The van der Waals surface area contributed by atoms with Crippen molar-refractivity contribution in [1.29, 1.82) is 0 Å². The maximum atomic E-state index is 13.2. The molecule has 2 heterocycles. The fourth-order valence-electron chi connectivity index (χ4n) is 3.77. The van der Waals surface area contributed by atoms with Gasteiger partial charge in [0.2, 0.25) is 0 Å². The van der Waals surface area contributed by atoms with Crippen LogP contribution in [0.5, 0.6) is 17.2 Å². The molecular formula is C24H21NO6S. The quantitative estimate of drug-likeness (QED) is 0.339. The number of ether oxygens (including phenoxy) is 2. The maximum absolute atomic E-state index is 13.2. The van der Waals surface area contributed by atoms with Crippen LogP contribution in [0.2, 0.25) is 0 Å². The van der Waals surface area contributed by atoms with E-state index in [2.05, 4.69) is 0 Å². The maximum Gasteiger partial charge on any atom is 0.300 e. The Bertz CT molecular complexity index is 1230. The van der Waals surface area contributed by atoms with E-state index in [9.17, 15) is 19.8 Å². The van der Waals surface area contributed by atoms with Crippen LogP contribution in [-0.2, 0) is 9.59 Å². The molecule has 8 heteroatoms. The van der Waals surface area contributed by atoms with E-state index in [0.29, 0.717) is 16.4 Å². The topological polar surface area (TPSA) is 96.3 Å². The van der Waals surface area contributed by atoms with Crippen LogP contribution in [0.25, 0.3) is 5.76 Å². The number of aromatic hydroxyl groups is 1. The number of phenolic OH excluding ortho intramolecular Hbond substituents is 1. The Labute approximate surface area is 188 Å². The third-order valence-corrected chi connectivity index (χ3v) is 6.23. The van der Waals surface area contributed by atoms with Crippen molar-refractivity contribution in [2.45, 2.75) is 13.0 Å². The van der Waals surface area contributed by atoms with Crippen molar-refractivity contribution in [3.05, 3.63) is 75.5 Å². The standard InChI is InChI=1S/C24H21NO6S/c1-13-6-8-17(26)16(11-13)25-21(19-5-4-10-32-19)20(23(28)24(25)29)22(27)15-12-14(30-2)7-9-18(15)31-3/h4-12,21,26-27H,1-3H3/b22-20-. The molecule has 2 N–H and O–H groups in total. The number of methoxy groups -OCH3 is 2. The van der Waals surface area contributed by atoms with E-state index < -0.39 is 17.7 Å². The van der Waals surface area contributed by atoms with E-state index in [-0.39, 0.29) is 28.3 Å². The highest BCUT2D eigenvalue weighted by molar-refractivity contribution is 7.10. The number of amides is 1. The summed E-state index contributed by atoms with van der Waals surface area (Å²) in [6.45, 7) is 1.82. The zero-order valence-electron chi connectivity index (χ0n) is 17.7. The van der Waals surface area contributed by atoms with Crippen LogP contribution >= 0.6 is 11.3 Å². The van der Waals surface area contributed by atoms with E-state index in [0.717, 1.165) is 5.56 Å². The number of carbonyl (C=O) groups is 2. The first kappa shape index (κ1) is 21.5. The van der Waals surface area contributed by atoms with Gasteiger partial charge in [-0.1, -0.05) is 12.1 Å². The van der Waals surface area contributed by atoms with Gasteiger partial charge in [0.1, 0.15) is 29.0 Å². The second-order valence-corrected chi connectivity index (χ2v) is 8.22. The summed E-state index contributed by atoms with van der Waals surface area (Å²) in [5.74, 6) is -1.45. The molecule has 1 saturated heterocycles. The molecule has 0 radical (unpaired) electrons. The summed E-state index contributed by atoms with van der Waals surface area (Å²) in [6.07, 6.45) is 0. The number of phenols is 1. The van der Waals surface area contributed by atoms with Crippen LogP contribution in [0.3, 0.4) is 0 Å². The Morgan fingerprint density at radius 2 is 1.84 bits per heavy atom. The Balaban J connectivity index is 1.99. The molecule has 4 rings (SSSR count). The molecular weight excluding hydrogens is 430 g/mol. The Morgan fingerprint density at radius 1 is 1.06 bits per heavy atom. The number of aliphatic hydroxyl groups is 1. The normalized spacial score (nSPS) is 17.6. The van der Waals surface area contributed by atoms with Gasteiger partial charge in [-0.3, -0.25) is 14.5 Å². The van der Waals surface area contributed by atoms with Crippen molar-refractivity contribution >= 4 is 34.5 Å². The van der Waals surface area contributed by atoms with Crippen LogP contribution in [0.1, 0.15) is 22.0 Å². The van der Waals surface area contributed by atoms with Crippen LogP contribution in [0.4, 0.5) is 5.69 Å². The SMILES string of the molecule is COc1ccc(OC)c(/C(O)=C2/C(=O)C(=O)N(c3cc(C)ccc3O)C2c2cccs2)c1. The summed E-state index contributed by atoms with van der Waals surface area (Å²) in [4.78, 5) is 28.3. The lowest BCUT2D eigenvalue weighted by Gasteiger charge is -2.25. The van der Waals surface area contributed by atoms with Crippen LogP contribution < -0.4 is 14.4 Å². The third kappa shape index (κ3) is 3.48. The molecule has 1 aliphatic rings. The van der Waals surface area contributed by atoms with Gasteiger partial charge in [-0.15, -0.1) is 11.3 Å². The predicted molar refractivity (Wildman–Crippen MR) is 121 cm³/mol. The average molecular weight is 452 g/mol. The average Bonchev–Trinajstić information content (AvgIpc) is 3.41. The zero-order valence-corrected chi connectivity index (χ0v) is 18.5. The number of aliphatic hydroxyl groups excluding tert-OH is 1. The highest BCUT2D eigenvalue weighted by Gasteiger charge is 2.48. The number of carbonyl (C=O) groups excluding carboxylic acids is 2. The fourth-order valence-corrected chi connectivity index (χ4v) is 4.59. The lowest BCUT2D eigenvalue weighted by Crippen LogP contribution is -2.29. The smallest absolute Gasteiger partial charge is 0.300 e. The Hall–Kier alpha value is -3.78. The monoisotopic (exact) mass is 451 g/mol. The number of aryl methyl sites for hydroxylation is 1. The first-order chi connectivity index (χ1) is 15.4. The van der Waals surface area contributed by atoms with E-state index in [1.807, 2.05) is 12.3 Å². The summed E-state index contributed by atoms with van der Waals surface area (Å²) >= 11 is 1.34. The van der Waals surface area contributed by atoms with Crippen molar-refractivity contribution in [3.8, 4) is 17.2 Å². The molecule has 32 heavy (non-hydrogen) atoms. The molecule has 1 aromatic heterocycles. The van der Waals surface area contributed by atoms with E-state index in [4.69, 9.17) is 9.47 Å². The molecule has 0 bridgehead atoms. The second-order valence-electron chi connectivity index (χ2n) is 7.24. The largest absolute Gasteiger partial charge is 0.507 e. The molecule has 164 valence electrons. The summed E-state index contributed by atoms with van der Waals surface area (Å²) in [5, 5.41) is 23.6. The molecule has 0 saturated carbocycles. The Kier molecular flexibility index (Phi) is 5.63. The molecule has 1 atom stereocenters. The van der Waals surface area contributed by atoms with Gasteiger partial charge in [-0.25, -0.2) is 0 Å². The summed E-state index contributed by atoms with van der Waals surface area (Å²) < 4.78 is 10.6. The lowest BCUT2D eigenvalue weighted by molar-refractivity contribution is -0.132. The zero-order chi connectivity index (χ0) is 23.0. The highest BCUT2D eigenvalue weighted by Crippen LogP contribution is 2.47. The number of ketones is 1. The second kappa shape index (κ2) is 8.39. The third-order valence-electron chi connectivity index (χ3n) is 5.31. The molecule has 0 aliphatic carbocycles. The number of Topliss-reactive ketones (excluding diaryl/α,β-unsaturated/α-hetero) is 1. The molecule has 1 unspecified atom stereocenters. The van der Waals surface area contributed by atoms with Crippen LogP contribution in [-0.4, -0.2) is 36.1 Å². The van der Waals surface area contributed by atoms with Gasteiger partial charge in [-0.05, 0) is 54.3 Å². The number of hydrogen-bond donors (Lipinski definition) is 2. The highest BCUT2D eigenvalue weighted by atomic mass is 32.1. The molecule has 1 aliphatic heterocycles. The summed E-state index contributed by atoms with van der Waals surface area (Å²) in [5.41, 5.74) is 1.13. The van der Waals surface area contributed by atoms with Gasteiger partial charge in [0.15, 0.2) is 0 Å². The number of rotatable bonds is 5. The molecule has 3 aromatic rings. The van der Waals surface area contributed by atoms with Crippen molar-refractivity contribution in [1.82, 2.24) is 0 Å². The molecule has 0 spiro atoms. The summed E-state index contributed by atoms with van der Waals surface area (Å²) in [7, 11) is 2.93. The van der Waals surface area contributed by atoms with Gasteiger partial charge < -0.3 is 19.7 Å². The van der Waals surface area contributed by atoms with Gasteiger partial charge in [0.05, 0.1) is 31.0 Å². The van der Waals surface area contributed by atoms with E-state index in [1.54, 1.807) is 36.4 Å². The number of thiophene rings is 1. The van der Waals surface area contributed by atoms with Crippen molar-refractivity contribution in [2.24, 2.45) is 0 Å². The minimum Gasteiger partial charge on any atom is -0.507 e. The molecule has 7 nitrogen and oxygen atoms in total. The van der Waals surface area contributed by atoms with E-state index in [1.165, 1.54) is 42.6 Å². The number of hydrogen-bond acceptors (Lipinski definition) is 7. The van der Waals surface area contributed by atoms with Crippen LogP contribution in [0, 0.1) is 6.92 Å². The Morgan fingerprint density at radius 3 is 2.50 bits per heavy atom. The first-order valence-electron chi connectivity index (χ1n) is 9.73. The number of benzene rings is 2. The minimum atomic E-state index is -0.918. The molecule has 2 aromatic carbocycles. The lowest BCUT2D eigenvalue weighted by atomic mass is 9.99. The summed E-state index contributed by atoms with van der Waals surface area (Å²) in [6, 6.07) is 12.3. The molecule has 1 amide bonds. The van der Waals surface area contributed by atoms with Crippen molar-refractivity contribution < 1.29 is 29.3 Å². The first-order valence-corrected chi connectivity index (χ1v) is 10.6. The van der Waals surface area contributed by atoms with Gasteiger partial charge in [0, 0.05) is 4.88 Å². The number of anilines is 1. The molecule has 1 fully saturated rings. The van der Waals surface area contributed by atoms with Crippen molar-refractivity contribution in [2.75, 3.05) is 19.1 Å². The van der Waals surface area contributed by atoms with Gasteiger partial charge >= 0.3 is 0 Å². The van der Waals surface area contributed by atoms with Gasteiger partial charge in [-0.2, -0.15) is 0 Å². The van der Waals surface area contributed by atoms with E-state index >= 15 is 0 Å². The van der Waals surface area contributed by atoms with Gasteiger partial charge in [0.25, 0.3) is 11.7 Å². The van der Waals surface area contributed by atoms with Crippen LogP contribution in [0.15, 0.2) is 59.5 Å². The number of nitrogens with zero attached hydrogens (tertiary/aromatic N) is 1. The minimum absolute atomic E-state index is 0.0927.